The molecule has 0 aliphatic carbocycles. The first-order valence-electron chi connectivity index (χ1n) is 8.38. The lowest BCUT2D eigenvalue weighted by molar-refractivity contribution is 0.627. The van der Waals surface area contributed by atoms with Gasteiger partial charge in [0, 0.05) is 15.8 Å². The molecular weight excluding hydrogens is 418 g/mol. The quantitative estimate of drug-likeness (QED) is 0.288. The smallest absolute Gasteiger partial charge is 0.266 e. The van der Waals surface area contributed by atoms with Gasteiger partial charge in [0.15, 0.2) is 5.16 Å². The van der Waals surface area contributed by atoms with Crippen molar-refractivity contribution in [1.82, 2.24) is 9.55 Å². The van der Waals surface area contributed by atoms with Crippen LogP contribution in [0.15, 0.2) is 76.7 Å². The van der Waals surface area contributed by atoms with Gasteiger partial charge in [0.05, 0.1) is 16.6 Å². The first-order chi connectivity index (χ1) is 13.5. The zero-order chi connectivity index (χ0) is 19.7. The lowest BCUT2D eigenvalue weighted by Crippen LogP contribution is -2.21. The highest BCUT2D eigenvalue weighted by Crippen LogP contribution is 2.31. The van der Waals surface area contributed by atoms with Gasteiger partial charge in [-0.15, -0.1) is 0 Å². The summed E-state index contributed by atoms with van der Waals surface area (Å²) in [7, 11) is 0. The topological polar surface area (TPSA) is 34.9 Å². The van der Waals surface area contributed by atoms with Gasteiger partial charge >= 0.3 is 0 Å². The molecule has 0 amide bonds. The van der Waals surface area contributed by atoms with Gasteiger partial charge in [0.2, 0.25) is 0 Å². The molecule has 1 aromatic heterocycles. The summed E-state index contributed by atoms with van der Waals surface area (Å²) in [5.74, 6) is 0.0624. The van der Waals surface area contributed by atoms with E-state index in [4.69, 9.17) is 23.2 Å². The minimum atomic E-state index is -0.373. The van der Waals surface area contributed by atoms with Gasteiger partial charge < -0.3 is 0 Å². The van der Waals surface area contributed by atoms with Crippen LogP contribution < -0.4 is 5.56 Å². The predicted molar refractivity (Wildman–Crippen MR) is 113 cm³/mol. The molecule has 0 bridgehead atoms. The number of rotatable bonds is 4. The third-order valence-electron chi connectivity index (χ3n) is 4.24. The molecule has 4 aromatic rings. The van der Waals surface area contributed by atoms with Crippen LogP contribution in [0.1, 0.15) is 5.56 Å². The summed E-state index contributed by atoms with van der Waals surface area (Å²) in [5, 5.41) is 2.08. The van der Waals surface area contributed by atoms with Gasteiger partial charge in [-0.2, -0.15) is 0 Å². The number of benzene rings is 3. The molecule has 3 nitrogen and oxygen atoms in total. The second kappa shape index (κ2) is 7.95. The van der Waals surface area contributed by atoms with E-state index in [1.54, 1.807) is 48.5 Å². The molecule has 1 heterocycles. The van der Waals surface area contributed by atoms with Crippen LogP contribution in [0.4, 0.5) is 4.39 Å². The van der Waals surface area contributed by atoms with Gasteiger partial charge in [0.25, 0.3) is 5.56 Å². The summed E-state index contributed by atoms with van der Waals surface area (Å²) >= 11 is 13.9. The molecule has 0 unspecified atom stereocenters. The van der Waals surface area contributed by atoms with Crippen LogP contribution in [0.2, 0.25) is 10.0 Å². The minimum absolute atomic E-state index is 0.218. The fraction of sp³-hybridized carbons (Fsp3) is 0.0476. The van der Waals surface area contributed by atoms with Crippen molar-refractivity contribution in [2.24, 2.45) is 0 Å². The zero-order valence-electron chi connectivity index (χ0n) is 14.4. The molecule has 0 fully saturated rings. The minimum Gasteiger partial charge on any atom is -0.268 e. The monoisotopic (exact) mass is 430 g/mol. The number of fused-ring (bicyclic) bond motifs is 1. The van der Waals surface area contributed by atoms with Crippen LogP contribution >= 0.6 is 35.0 Å². The number of hydrogen-bond donors (Lipinski definition) is 0. The third-order valence-corrected chi connectivity index (χ3v) is 5.91. The Labute approximate surface area is 174 Å². The Morgan fingerprint density at radius 2 is 1.61 bits per heavy atom. The van der Waals surface area contributed by atoms with E-state index >= 15 is 0 Å². The summed E-state index contributed by atoms with van der Waals surface area (Å²) in [6.07, 6.45) is 0. The van der Waals surface area contributed by atoms with E-state index in [1.165, 1.54) is 28.5 Å². The Balaban J connectivity index is 1.85. The van der Waals surface area contributed by atoms with Crippen LogP contribution in [0.25, 0.3) is 16.6 Å². The van der Waals surface area contributed by atoms with Crippen molar-refractivity contribution in [3.8, 4) is 5.69 Å². The molecule has 7 heteroatoms. The fourth-order valence-corrected chi connectivity index (χ4v) is 4.59. The molecule has 4 rings (SSSR count). The van der Waals surface area contributed by atoms with Crippen LogP contribution in [0.5, 0.6) is 0 Å². The second-order valence-corrected chi connectivity index (χ2v) is 7.77. The molecule has 3 aromatic carbocycles. The summed E-state index contributed by atoms with van der Waals surface area (Å²) in [5.41, 5.74) is 1.69. The molecule has 0 radical (unpaired) electrons. The van der Waals surface area contributed by atoms with Gasteiger partial charge in [-0.25, -0.2) is 9.37 Å². The van der Waals surface area contributed by atoms with Crippen molar-refractivity contribution in [3.63, 3.8) is 0 Å². The first kappa shape index (κ1) is 19.0. The third kappa shape index (κ3) is 3.65. The molecule has 0 saturated heterocycles. The SMILES string of the molecule is O=c1c2ccccc2nc(SCc2c(Cl)cccc2Cl)n1-c1ccc(F)cc1. The molecule has 0 atom stereocenters. The number of halogens is 3. The van der Waals surface area contributed by atoms with Gasteiger partial charge in [-0.3, -0.25) is 9.36 Å². The summed E-state index contributed by atoms with van der Waals surface area (Å²) in [4.78, 5) is 17.8. The van der Waals surface area contributed by atoms with E-state index in [0.29, 0.717) is 37.5 Å². The summed E-state index contributed by atoms with van der Waals surface area (Å²) < 4.78 is 14.9. The maximum Gasteiger partial charge on any atom is 0.266 e. The van der Waals surface area contributed by atoms with Gasteiger partial charge in [-0.05, 0) is 54.1 Å². The molecule has 28 heavy (non-hydrogen) atoms. The average Bonchev–Trinajstić information content (AvgIpc) is 2.69. The Morgan fingerprint density at radius 1 is 0.929 bits per heavy atom. The maximum absolute atomic E-state index is 13.4. The van der Waals surface area contributed by atoms with E-state index in [9.17, 15) is 9.18 Å². The second-order valence-electron chi connectivity index (χ2n) is 6.02. The fourth-order valence-electron chi connectivity index (χ4n) is 2.83. The molecule has 140 valence electrons. The van der Waals surface area contributed by atoms with Crippen molar-refractivity contribution in [2.45, 2.75) is 10.9 Å². The molecule has 0 N–H and O–H groups in total. The molecule has 0 aliphatic rings. The maximum atomic E-state index is 13.4. The van der Waals surface area contributed by atoms with Crippen molar-refractivity contribution in [3.05, 3.63) is 98.5 Å². The highest BCUT2D eigenvalue weighted by Gasteiger charge is 2.15. The Kier molecular flexibility index (Phi) is 5.40. The van der Waals surface area contributed by atoms with Crippen LogP contribution in [0.3, 0.4) is 0 Å². The van der Waals surface area contributed by atoms with Gasteiger partial charge in [0.1, 0.15) is 5.82 Å². The van der Waals surface area contributed by atoms with Crippen LogP contribution in [-0.2, 0) is 5.75 Å². The number of nitrogens with zero attached hydrogens (tertiary/aromatic N) is 2. The molecule has 0 spiro atoms. The standard InChI is InChI=1S/C21H13Cl2FN2OS/c22-17-5-3-6-18(23)16(17)12-28-21-25-19-7-2-1-4-15(19)20(27)26(21)14-10-8-13(24)9-11-14/h1-11H,12H2. The van der Waals surface area contributed by atoms with E-state index in [2.05, 4.69) is 4.98 Å². The number of thioether (sulfide) groups is 1. The Hall–Kier alpha value is -2.34. The largest absolute Gasteiger partial charge is 0.268 e. The number of hydrogen-bond acceptors (Lipinski definition) is 3. The van der Waals surface area contributed by atoms with Crippen LogP contribution in [0, 0.1) is 5.82 Å². The first-order valence-corrected chi connectivity index (χ1v) is 10.1. The Bertz CT molecular complexity index is 1210. The van der Waals surface area contributed by atoms with Crippen LogP contribution in [-0.4, -0.2) is 9.55 Å². The molecule has 0 saturated carbocycles. The van der Waals surface area contributed by atoms with Gasteiger partial charge in [-0.1, -0.05) is 53.2 Å². The Morgan fingerprint density at radius 3 is 2.32 bits per heavy atom. The highest BCUT2D eigenvalue weighted by atomic mass is 35.5. The van der Waals surface area contributed by atoms with Crippen molar-refractivity contribution in [1.29, 1.82) is 0 Å². The van der Waals surface area contributed by atoms with Crippen molar-refractivity contribution < 1.29 is 4.39 Å². The average molecular weight is 431 g/mol. The van der Waals surface area contributed by atoms with E-state index in [0.717, 1.165) is 5.56 Å². The molecular formula is C21H13Cl2FN2OS. The van der Waals surface area contributed by atoms with E-state index in [-0.39, 0.29) is 11.4 Å². The van der Waals surface area contributed by atoms with Crippen molar-refractivity contribution >= 4 is 45.9 Å². The number of aromatic nitrogens is 2. The number of para-hydroxylation sites is 1. The predicted octanol–water partition coefficient (Wildman–Crippen LogP) is 6.12. The van der Waals surface area contributed by atoms with E-state index in [1.807, 2.05) is 6.07 Å². The molecule has 0 aliphatic heterocycles. The lowest BCUT2D eigenvalue weighted by Gasteiger charge is -2.14. The van der Waals surface area contributed by atoms with Crippen molar-refractivity contribution in [2.75, 3.05) is 0 Å². The summed E-state index contributed by atoms with van der Waals surface area (Å²) in [6.45, 7) is 0. The lowest BCUT2D eigenvalue weighted by atomic mass is 10.2. The van der Waals surface area contributed by atoms with E-state index < -0.39 is 0 Å². The zero-order valence-corrected chi connectivity index (χ0v) is 16.7. The normalized spacial score (nSPS) is 11.1. The highest BCUT2D eigenvalue weighted by molar-refractivity contribution is 7.98. The summed E-state index contributed by atoms with van der Waals surface area (Å²) in [6, 6.07) is 18.2.